The van der Waals surface area contributed by atoms with Gasteiger partial charge in [-0.05, 0) is 43.2 Å². The summed E-state index contributed by atoms with van der Waals surface area (Å²) in [4.78, 5) is 18.8. The van der Waals surface area contributed by atoms with E-state index in [1.165, 1.54) is 6.07 Å². The van der Waals surface area contributed by atoms with Crippen LogP contribution in [0.3, 0.4) is 0 Å². The van der Waals surface area contributed by atoms with Crippen LogP contribution in [0.25, 0.3) is 16.7 Å². The first-order valence-corrected chi connectivity index (χ1v) is 10.0. The third-order valence-corrected chi connectivity index (χ3v) is 5.45. The van der Waals surface area contributed by atoms with Gasteiger partial charge >= 0.3 is 6.18 Å². The highest BCUT2D eigenvalue weighted by Gasteiger charge is 2.38. The zero-order valence-corrected chi connectivity index (χ0v) is 16.9. The van der Waals surface area contributed by atoms with Crippen LogP contribution in [0.1, 0.15) is 24.6 Å². The fourth-order valence-electron chi connectivity index (χ4n) is 3.86. The molecule has 0 unspecified atom stereocenters. The quantitative estimate of drug-likeness (QED) is 0.515. The molecule has 0 spiro atoms. The zero-order valence-electron chi connectivity index (χ0n) is 16.9. The van der Waals surface area contributed by atoms with Gasteiger partial charge in [0.15, 0.2) is 17.1 Å². The molecule has 9 nitrogen and oxygen atoms in total. The minimum Gasteiger partial charge on any atom is -0.441 e. The molecular weight excluding hydrogens is 427 g/mol. The van der Waals surface area contributed by atoms with Crippen molar-refractivity contribution < 1.29 is 22.4 Å². The molecule has 3 aromatic heterocycles. The number of aromatic nitrogens is 5. The number of hydrogen-bond acceptors (Lipinski definition) is 7. The summed E-state index contributed by atoms with van der Waals surface area (Å²) in [6.07, 6.45) is -3.56. The van der Waals surface area contributed by atoms with Crippen LogP contribution < -0.4 is 10.2 Å². The largest absolute Gasteiger partial charge is 0.453 e. The van der Waals surface area contributed by atoms with Crippen LogP contribution in [0.2, 0.25) is 0 Å². The van der Waals surface area contributed by atoms with Crippen LogP contribution in [0, 0.1) is 12.8 Å². The number of rotatable bonds is 3. The van der Waals surface area contributed by atoms with Crippen LogP contribution >= 0.6 is 0 Å². The molecule has 32 heavy (non-hydrogen) atoms. The van der Waals surface area contributed by atoms with Gasteiger partial charge in [-0.25, -0.2) is 4.98 Å². The molecule has 4 aromatic rings. The maximum atomic E-state index is 13.1. The van der Waals surface area contributed by atoms with Crippen molar-refractivity contribution in [1.29, 1.82) is 0 Å². The Balaban J connectivity index is 1.25. The molecule has 0 atom stereocenters. The van der Waals surface area contributed by atoms with E-state index >= 15 is 0 Å². The van der Waals surface area contributed by atoms with E-state index in [2.05, 4.69) is 25.6 Å². The smallest absolute Gasteiger partial charge is 0.441 e. The van der Waals surface area contributed by atoms with Crippen LogP contribution in [0.4, 0.5) is 24.7 Å². The number of nitrogens with zero attached hydrogens (tertiary/aromatic N) is 6. The second-order valence-corrected chi connectivity index (χ2v) is 7.65. The van der Waals surface area contributed by atoms with Crippen LogP contribution in [0.5, 0.6) is 0 Å². The van der Waals surface area contributed by atoms with Crippen molar-refractivity contribution in [2.24, 2.45) is 5.92 Å². The number of fused-ring (bicyclic) bond motifs is 2. The minimum atomic E-state index is -4.65. The SMILES string of the molecule is Cc1nc2cc(NC(=O)C3CCN(c4ccc5nnc(C(F)(F)F)n5n4)CC3)ccc2o1. The second-order valence-electron chi connectivity index (χ2n) is 7.65. The predicted molar refractivity (Wildman–Crippen MR) is 108 cm³/mol. The summed E-state index contributed by atoms with van der Waals surface area (Å²) in [5.74, 6) is -0.552. The lowest BCUT2D eigenvalue weighted by Gasteiger charge is -2.32. The van der Waals surface area contributed by atoms with E-state index in [0.29, 0.717) is 58.9 Å². The van der Waals surface area contributed by atoms with Gasteiger partial charge in [-0.3, -0.25) is 4.79 Å². The number of carbonyl (C=O) groups excluding carboxylic acids is 1. The van der Waals surface area contributed by atoms with Gasteiger partial charge in [0.05, 0.1) is 0 Å². The van der Waals surface area contributed by atoms with Crippen molar-refractivity contribution in [2.45, 2.75) is 25.9 Å². The summed E-state index contributed by atoms with van der Waals surface area (Å²) in [5, 5.41) is 13.7. The van der Waals surface area contributed by atoms with Crippen molar-refractivity contribution in [2.75, 3.05) is 23.3 Å². The Hall–Kier alpha value is -3.70. The van der Waals surface area contributed by atoms with Crippen molar-refractivity contribution >= 4 is 34.2 Å². The third kappa shape index (κ3) is 3.72. The van der Waals surface area contributed by atoms with Crippen molar-refractivity contribution in [3.63, 3.8) is 0 Å². The third-order valence-electron chi connectivity index (χ3n) is 5.45. The maximum Gasteiger partial charge on any atom is 0.453 e. The second kappa shape index (κ2) is 7.46. The number of oxazole rings is 1. The summed E-state index contributed by atoms with van der Waals surface area (Å²) in [5.41, 5.74) is 1.98. The summed E-state index contributed by atoms with van der Waals surface area (Å²) < 4.78 is 45.4. The predicted octanol–water partition coefficient (Wildman–Crippen LogP) is 3.45. The van der Waals surface area contributed by atoms with Gasteiger partial charge < -0.3 is 14.6 Å². The van der Waals surface area contributed by atoms with E-state index in [-0.39, 0.29) is 17.5 Å². The first-order valence-electron chi connectivity index (χ1n) is 10.0. The number of alkyl halides is 3. The molecule has 0 radical (unpaired) electrons. The fourth-order valence-corrected chi connectivity index (χ4v) is 3.86. The van der Waals surface area contributed by atoms with Gasteiger partial charge in [0.2, 0.25) is 5.91 Å². The van der Waals surface area contributed by atoms with E-state index in [0.717, 1.165) is 0 Å². The number of amides is 1. The van der Waals surface area contributed by atoms with E-state index in [1.54, 1.807) is 31.2 Å². The molecule has 1 fully saturated rings. The Morgan fingerprint density at radius 1 is 1.16 bits per heavy atom. The van der Waals surface area contributed by atoms with E-state index < -0.39 is 12.0 Å². The Morgan fingerprint density at radius 3 is 2.69 bits per heavy atom. The molecule has 1 aliphatic heterocycles. The van der Waals surface area contributed by atoms with Crippen LogP contribution in [0.15, 0.2) is 34.7 Å². The van der Waals surface area contributed by atoms with E-state index in [1.807, 2.05) is 4.90 Å². The fraction of sp³-hybridized carbons (Fsp3) is 0.350. The van der Waals surface area contributed by atoms with Crippen LogP contribution in [-0.4, -0.2) is 43.8 Å². The molecular formula is C20H18F3N7O2. The highest BCUT2D eigenvalue weighted by atomic mass is 19.4. The number of hydrogen-bond donors (Lipinski definition) is 1. The van der Waals surface area contributed by atoms with Crippen molar-refractivity contribution in [3.05, 3.63) is 42.0 Å². The first kappa shape index (κ1) is 20.2. The first-order chi connectivity index (χ1) is 15.3. The average molecular weight is 445 g/mol. The standard InChI is InChI=1S/C20H18F3N7O2/c1-11-24-14-10-13(2-3-15(14)32-11)25-18(31)12-6-8-29(9-7-12)17-5-4-16-26-27-19(20(21,22)23)30(16)28-17/h2-5,10,12H,6-9H2,1H3,(H,25,31). The molecule has 0 saturated carbocycles. The van der Waals surface area contributed by atoms with Gasteiger partial charge in [-0.15, -0.1) is 15.3 Å². The maximum absolute atomic E-state index is 13.1. The highest BCUT2D eigenvalue weighted by molar-refractivity contribution is 5.94. The Kier molecular flexibility index (Phi) is 4.72. The van der Waals surface area contributed by atoms with E-state index in [4.69, 9.17) is 4.42 Å². The van der Waals surface area contributed by atoms with E-state index in [9.17, 15) is 18.0 Å². The molecule has 4 heterocycles. The number of nitrogens with one attached hydrogen (secondary N) is 1. The molecule has 1 amide bonds. The number of carbonyl (C=O) groups is 1. The zero-order chi connectivity index (χ0) is 22.5. The van der Waals surface area contributed by atoms with Crippen molar-refractivity contribution in [3.8, 4) is 0 Å². The monoisotopic (exact) mass is 445 g/mol. The number of aryl methyl sites for hydroxylation is 1. The number of benzene rings is 1. The van der Waals surface area contributed by atoms with Gasteiger partial charge in [-0.1, -0.05) is 0 Å². The highest BCUT2D eigenvalue weighted by Crippen LogP contribution is 2.29. The lowest BCUT2D eigenvalue weighted by molar-refractivity contribution is -0.146. The number of anilines is 2. The summed E-state index contributed by atoms with van der Waals surface area (Å²) in [6.45, 7) is 2.73. The molecule has 1 aliphatic rings. The lowest BCUT2D eigenvalue weighted by atomic mass is 9.96. The molecule has 0 aliphatic carbocycles. The van der Waals surface area contributed by atoms with Crippen LogP contribution in [-0.2, 0) is 11.0 Å². The van der Waals surface area contributed by atoms with Gasteiger partial charge in [0.1, 0.15) is 11.3 Å². The molecule has 1 aromatic carbocycles. The molecule has 12 heteroatoms. The number of halogens is 3. The van der Waals surface area contributed by atoms with Gasteiger partial charge in [-0.2, -0.15) is 17.7 Å². The van der Waals surface area contributed by atoms with Gasteiger partial charge in [0.25, 0.3) is 5.82 Å². The lowest BCUT2D eigenvalue weighted by Crippen LogP contribution is -2.38. The Morgan fingerprint density at radius 2 is 1.94 bits per heavy atom. The summed E-state index contributed by atoms with van der Waals surface area (Å²) >= 11 is 0. The van der Waals surface area contributed by atoms with Gasteiger partial charge in [0, 0.05) is 31.6 Å². The Bertz CT molecular complexity index is 1310. The normalized spacial score (nSPS) is 15.6. The molecule has 1 N–H and O–H groups in total. The average Bonchev–Trinajstić information content (AvgIpc) is 3.35. The molecule has 1 saturated heterocycles. The van der Waals surface area contributed by atoms with Crippen molar-refractivity contribution in [1.82, 2.24) is 24.8 Å². The minimum absolute atomic E-state index is 0.0228. The molecule has 0 bridgehead atoms. The molecule has 166 valence electrons. The Labute approximate surface area is 179 Å². The topological polar surface area (TPSA) is 101 Å². The number of piperidine rings is 1. The summed E-state index contributed by atoms with van der Waals surface area (Å²) in [6, 6.07) is 8.34. The summed E-state index contributed by atoms with van der Waals surface area (Å²) in [7, 11) is 0. The molecule has 5 rings (SSSR count).